The molecule has 0 aliphatic heterocycles. The van der Waals surface area contributed by atoms with Crippen LogP contribution >= 0.6 is 19.6 Å². The lowest BCUT2D eigenvalue weighted by atomic mass is 10.1. The van der Waals surface area contributed by atoms with Crippen LogP contribution in [0.4, 0.5) is 13.2 Å². The highest BCUT2D eigenvalue weighted by Crippen LogP contribution is 2.40. The maximum Gasteiger partial charge on any atom is 0.694 e. The van der Waals surface area contributed by atoms with Crippen LogP contribution in [0.15, 0.2) is 42.5 Å². The average Bonchev–Trinajstić information content (AvgIpc) is 3.36. The van der Waals surface area contributed by atoms with Gasteiger partial charge >= 0.3 is 14.4 Å². The monoisotopic (exact) mass is 560 g/mol. The van der Waals surface area contributed by atoms with E-state index in [1.165, 1.54) is 19.1 Å². The fraction of sp³-hybridized carbons (Fsp3) is 0.391. The molecule has 3 aromatic rings. The van der Waals surface area contributed by atoms with Gasteiger partial charge in [0.15, 0.2) is 0 Å². The second-order valence-corrected chi connectivity index (χ2v) is 9.82. The average molecular weight is 561 g/mol. The van der Waals surface area contributed by atoms with Crippen LogP contribution in [0.5, 0.6) is 11.5 Å². The minimum absolute atomic E-state index is 0.0629. The lowest BCUT2D eigenvalue weighted by molar-refractivity contribution is -0.139. The first-order chi connectivity index (χ1) is 17.5. The largest absolute Gasteiger partial charge is 0.694 e. The molecule has 37 heavy (non-hydrogen) atoms. The van der Waals surface area contributed by atoms with E-state index in [1.54, 1.807) is 7.11 Å². The lowest BCUT2D eigenvalue weighted by Gasteiger charge is -2.16. The van der Waals surface area contributed by atoms with Crippen LogP contribution in [0.2, 0.25) is 0 Å². The van der Waals surface area contributed by atoms with Crippen molar-refractivity contribution in [2.24, 2.45) is 5.73 Å². The molecule has 14 heteroatoms. The van der Waals surface area contributed by atoms with Crippen molar-refractivity contribution in [2.45, 2.75) is 25.1 Å². The smallest absolute Gasteiger partial charge is 0.497 e. The molecule has 2 atom stereocenters. The minimum atomic E-state index is -4.67. The highest BCUT2D eigenvalue weighted by Gasteiger charge is 2.36. The van der Waals surface area contributed by atoms with Gasteiger partial charge in [-0.1, -0.05) is 23.5 Å². The number of methoxy groups -OCH3 is 1. The van der Waals surface area contributed by atoms with E-state index in [0.29, 0.717) is 13.0 Å². The van der Waals surface area contributed by atoms with Gasteiger partial charge < -0.3 is 19.9 Å². The molecule has 200 valence electrons. The number of nitrogens with zero attached hydrogens (tertiary/aromatic N) is 2. The predicted octanol–water partition coefficient (Wildman–Crippen LogP) is 4.71. The van der Waals surface area contributed by atoms with E-state index in [2.05, 4.69) is 14.7 Å². The van der Waals surface area contributed by atoms with Crippen LogP contribution < -0.4 is 15.2 Å². The molecule has 3 rings (SSSR count). The molecule has 1 heterocycles. The molecular weight excluding hydrogens is 534 g/mol. The van der Waals surface area contributed by atoms with Gasteiger partial charge in [0, 0.05) is 10.1 Å². The van der Waals surface area contributed by atoms with Gasteiger partial charge in [0.1, 0.15) is 34.7 Å². The van der Waals surface area contributed by atoms with E-state index >= 15 is 0 Å². The van der Waals surface area contributed by atoms with Crippen LogP contribution in [-0.2, 0) is 32.0 Å². The van der Waals surface area contributed by atoms with Crippen molar-refractivity contribution in [1.82, 2.24) is 10.2 Å². The number of alkyl halides is 3. The number of hydrogen-bond acceptors (Lipinski definition) is 9. The molecule has 0 amide bonds. The molecule has 0 fully saturated rings. The Morgan fingerprint density at radius 3 is 2.46 bits per heavy atom. The molecule has 0 aliphatic carbocycles. The number of aromatic nitrogens is 2. The molecule has 1 aromatic heterocycles. The van der Waals surface area contributed by atoms with E-state index < -0.39 is 25.5 Å². The summed E-state index contributed by atoms with van der Waals surface area (Å²) < 4.78 is 72.6. The maximum atomic E-state index is 13.7. The van der Waals surface area contributed by atoms with Gasteiger partial charge in [-0.15, -0.1) is 19.6 Å². The molecule has 3 N–H and O–H groups in total. The van der Waals surface area contributed by atoms with Gasteiger partial charge in [0.25, 0.3) is 0 Å². The Morgan fingerprint density at radius 2 is 1.81 bits per heavy atom. The predicted molar refractivity (Wildman–Crippen MR) is 131 cm³/mol. The molecular formula is C23H26F3N3O6PS+. The van der Waals surface area contributed by atoms with E-state index in [0.717, 1.165) is 28.7 Å². The highest BCUT2D eigenvalue weighted by molar-refractivity contribution is 7.32. The topological polar surface area (TPSA) is 126 Å². The van der Waals surface area contributed by atoms with Gasteiger partial charge in [0.2, 0.25) is 0 Å². The normalized spacial score (nSPS) is 13.8. The number of nitrogens with two attached hydrogens (primary N) is 1. The summed E-state index contributed by atoms with van der Waals surface area (Å²) in [5, 5.41) is 8.27. The first-order valence-electron chi connectivity index (χ1n) is 11.0. The number of hydrogen-bond donors (Lipinski definition) is 2. The Balaban J connectivity index is 1.60. The standard InChI is InChI=1S/C23H25F3N3O6PS/c1-22(27,14-35-36(30)31)21-29-28-20(37-21)16-5-8-19(18(13-16)23(24,25)26)34-12-11-33-10-9-15-3-6-17(32-2)7-4-15/h3-8,13H,9-12,14,27H2,1-2H3/p+1/t22-/m0/s1. The fourth-order valence-electron chi connectivity index (χ4n) is 3.13. The first-order valence-corrected chi connectivity index (χ1v) is 12.9. The molecule has 2 aromatic carbocycles. The fourth-order valence-corrected chi connectivity index (χ4v) is 4.39. The summed E-state index contributed by atoms with van der Waals surface area (Å²) in [5.41, 5.74) is 5.06. The minimum Gasteiger partial charge on any atom is -0.497 e. The second-order valence-electron chi connectivity index (χ2n) is 8.11. The number of benzene rings is 2. The first kappa shape index (κ1) is 28.9. The van der Waals surface area contributed by atoms with Gasteiger partial charge in [-0.2, -0.15) is 13.2 Å². The number of halogens is 3. The molecule has 0 spiro atoms. The maximum absolute atomic E-state index is 13.7. The van der Waals surface area contributed by atoms with Crippen LogP contribution in [-0.4, -0.2) is 48.6 Å². The Hall–Kier alpha value is -2.67. The van der Waals surface area contributed by atoms with E-state index in [4.69, 9.17) is 24.8 Å². The SMILES string of the molecule is COc1ccc(CCOCCOc2ccc(-c3nnc([C@@](C)(N)CO[P+](=O)O)s3)cc2C(F)(F)F)cc1. The zero-order chi connectivity index (χ0) is 27.1. The van der Waals surface area contributed by atoms with Gasteiger partial charge in [0.05, 0.1) is 31.4 Å². The summed E-state index contributed by atoms with van der Waals surface area (Å²) in [5.74, 6) is 0.421. The quantitative estimate of drug-likeness (QED) is 0.226. The van der Waals surface area contributed by atoms with E-state index in [1.807, 2.05) is 24.3 Å². The van der Waals surface area contributed by atoms with Crippen molar-refractivity contribution in [1.29, 1.82) is 0 Å². The van der Waals surface area contributed by atoms with E-state index in [9.17, 15) is 17.7 Å². The zero-order valence-corrected chi connectivity index (χ0v) is 21.7. The lowest BCUT2D eigenvalue weighted by Crippen LogP contribution is -2.37. The molecule has 9 nitrogen and oxygen atoms in total. The summed E-state index contributed by atoms with van der Waals surface area (Å²) in [6.07, 6.45) is -4.03. The molecule has 0 bridgehead atoms. The Bertz CT molecular complexity index is 1190. The summed E-state index contributed by atoms with van der Waals surface area (Å²) in [4.78, 5) is 8.81. The molecule has 0 saturated heterocycles. The van der Waals surface area contributed by atoms with Gasteiger partial charge in [-0.25, -0.2) is 0 Å². The van der Waals surface area contributed by atoms with Crippen molar-refractivity contribution in [3.05, 3.63) is 58.6 Å². The van der Waals surface area contributed by atoms with Gasteiger partial charge in [-0.3, -0.25) is 0 Å². The van der Waals surface area contributed by atoms with Crippen molar-refractivity contribution in [3.8, 4) is 22.1 Å². The van der Waals surface area contributed by atoms with Crippen LogP contribution in [0.1, 0.15) is 23.1 Å². The molecule has 0 aliphatic rings. The third-order valence-electron chi connectivity index (χ3n) is 5.10. The van der Waals surface area contributed by atoms with Crippen molar-refractivity contribution >= 4 is 19.6 Å². The molecule has 0 radical (unpaired) electrons. The van der Waals surface area contributed by atoms with E-state index in [-0.39, 0.29) is 41.1 Å². The summed E-state index contributed by atoms with van der Waals surface area (Å²) >= 11 is 0.958. The third kappa shape index (κ3) is 8.42. The third-order valence-corrected chi connectivity index (χ3v) is 6.70. The second kappa shape index (κ2) is 12.7. The highest BCUT2D eigenvalue weighted by atomic mass is 32.1. The zero-order valence-electron chi connectivity index (χ0n) is 20.0. The van der Waals surface area contributed by atoms with Crippen molar-refractivity contribution in [2.75, 3.05) is 33.5 Å². The Kier molecular flexibility index (Phi) is 9.93. The summed E-state index contributed by atoms with van der Waals surface area (Å²) in [6.45, 7) is 1.63. The van der Waals surface area contributed by atoms with Crippen LogP contribution in [0.25, 0.3) is 10.6 Å². The number of ether oxygens (including phenoxy) is 3. The van der Waals surface area contributed by atoms with Gasteiger partial charge in [-0.05, 0) is 49.2 Å². The van der Waals surface area contributed by atoms with Crippen molar-refractivity contribution < 1.29 is 41.4 Å². The number of rotatable bonds is 13. The molecule has 1 unspecified atom stereocenters. The van der Waals surface area contributed by atoms with Crippen LogP contribution in [0, 0.1) is 0 Å². The Labute approximate surface area is 216 Å². The molecule has 0 saturated carbocycles. The Morgan fingerprint density at radius 1 is 1.08 bits per heavy atom. The summed E-state index contributed by atoms with van der Waals surface area (Å²) in [7, 11) is -1.27. The van der Waals surface area contributed by atoms with Crippen molar-refractivity contribution in [3.63, 3.8) is 0 Å². The van der Waals surface area contributed by atoms with Crippen LogP contribution in [0.3, 0.4) is 0 Å². The summed E-state index contributed by atoms with van der Waals surface area (Å²) in [6, 6.07) is 11.1.